The van der Waals surface area contributed by atoms with Crippen LogP contribution in [0.3, 0.4) is 0 Å². The molecule has 1 atom stereocenters. The van der Waals surface area contributed by atoms with E-state index in [1.165, 1.54) is 22.3 Å². The fourth-order valence-corrected chi connectivity index (χ4v) is 4.19. The van der Waals surface area contributed by atoms with Crippen molar-refractivity contribution in [2.45, 2.75) is 6.42 Å². The second kappa shape index (κ2) is 4.92. The monoisotopic (exact) mass is 330 g/mol. The minimum atomic E-state index is -4.60. The number of nitrogens with zero attached hydrogens (tertiary/aromatic N) is 2. The predicted octanol–water partition coefficient (Wildman–Crippen LogP) is 1.65. The number of halogens is 1. The van der Waals surface area contributed by atoms with Gasteiger partial charge >= 0.3 is 10.2 Å². The van der Waals surface area contributed by atoms with Gasteiger partial charge in [-0.15, -0.1) is 3.89 Å². The lowest BCUT2D eigenvalue weighted by Crippen LogP contribution is -2.25. The minimum Gasteiger partial charge on any atom is -0.508 e. The zero-order chi connectivity index (χ0) is 15.2. The normalized spacial score (nSPS) is 19.6. The molecule has 21 heavy (non-hydrogen) atoms. The lowest BCUT2D eigenvalue weighted by Gasteiger charge is -2.11. The number of rotatable bonds is 3. The molecule has 0 bridgehead atoms. The zero-order valence-corrected chi connectivity index (χ0v) is 12.3. The zero-order valence-electron chi connectivity index (χ0n) is 10.7. The molecular formula is C12H11FN2O4S2. The number of aromatic hydroxyl groups is 1. The maximum atomic E-state index is 12.7. The van der Waals surface area contributed by atoms with Crippen molar-refractivity contribution < 1.29 is 22.2 Å². The Hall–Kier alpha value is -1.74. The second-order valence-electron chi connectivity index (χ2n) is 4.93. The predicted molar refractivity (Wildman–Crippen MR) is 76.6 cm³/mol. The van der Waals surface area contributed by atoms with Gasteiger partial charge < -0.3 is 5.11 Å². The molecule has 1 N–H and O–H groups in total. The van der Waals surface area contributed by atoms with Crippen LogP contribution in [0.4, 0.5) is 9.02 Å². The lowest BCUT2D eigenvalue weighted by atomic mass is 10.1. The van der Waals surface area contributed by atoms with Crippen molar-refractivity contribution in [2.75, 3.05) is 17.2 Å². The summed E-state index contributed by atoms with van der Waals surface area (Å²) in [5.41, 5.74) is 0.641. The smallest absolute Gasteiger partial charge is 0.302 e. The summed E-state index contributed by atoms with van der Waals surface area (Å²) in [4.78, 5) is 17.6. The number of anilines is 1. The van der Waals surface area contributed by atoms with Gasteiger partial charge in [0.1, 0.15) is 5.75 Å². The third kappa shape index (κ3) is 2.98. The number of hydrogen-bond donors (Lipinski definition) is 1. The van der Waals surface area contributed by atoms with Crippen LogP contribution in [0.15, 0.2) is 18.2 Å². The summed E-state index contributed by atoms with van der Waals surface area (Å²) in [5.74, 6) is -1.38. The van der Waals surface area contributed by atoms with Crippen molar-refractivity contribution in [3.05, 3.63) is 18.2 Å². The molecule has 1 aromatic carbocycles. The highest BCUT2D eigenvalue weighted by Gasteiger charge is 2.35. The molecule has 3 rings (SSSR count). The van der Waals surface area contributed by atoms with Crippen molar-refractivity contribution in [2.24, 2.45) is 5.92 Å². The Bertz CT molecular complexity index is 818. The number of fused-ring (bicyclic) bond motifs is 1. The van der Waals surface area contributed by atoms with Crippen LogP contribution in [0, 0.1) is 5.92 Å². The van der Waals surface area contributed by atoms with Crippen LogP contribution in [0.25, 0.3) is 10.2 Å². The van der Waals surface area contributed by atoms with Crippen LogP contribution in [0.5, 0.6) is 5.75 Å². The summed E-state index contributed by atoms with van der Waals surface area (Å²) < 4.78 is 34.8. The fraction of sp³-hybridized carbons (Fsp3) is 0.333. The van der Waals surface area contributed by atoms with Crippen molar-refractivity contribution in [3.8, 4) is 5.75 Å². The van der Waals surface area contributed by atoms with E-state index >= 15 is 0 Å². The Balaban J connectivity index is 1.87. The van der Waals surface area contributed by atoms with Gasteiger partial charge in [0.05, 0.1) is 16.0 Å². The average molecular weight is 330 g/mol. The average Bonchev–Trinajstić information content (AvgIpc) is 2.89. The topological polar surface area (TPSA) is 87.6 Å². The Morgan fingerprint density at radius 3 is 2.95 bits per heavy atom. The highest BCUT2D eigenvalue weighted by Crippen LogP contribution is 2.34. The van der Waals surface area contributed by atoms with Crippen molar-refractivity contribution in [3.63, 3.8) is 0 Å². The van der Waals surface area contributed by atoms with Crippen molar-refractivity contribution in [1.82, 2.24) is 4.98 Å². The first kappa shape index (κ1) is 14.2. The summed E-state index contributed by atoms with van der Waals surface area (Å²) in [5, 5.41) is 9.85. The van der Waals surface area contributed by atoms with Crippen LogP contribution < -0.4 is 4.90 Å². The molecule has 6 nitrogen and oxygen atoms in total. The van der Waals surface area contributed by atoms with Gasteiger partial charge in [0.25, 0.3) is 0 Å². The van der Waals surface area contributed by atoms with Gasteiger partial charge in [-0.05, 0) is 18.2 Å². The van der Waals surface area contributed by atoms with E-state index in [0.717, 1.165) is 4.70 Å². The highest BCUT2D eigenvalue weighted by molar-refractivity contribution is 7.86. The van der Waals surface area contributed by atoms with E-state index in [4.69, 9.17) is 0 Å². The van der Waals surface area contributed by atoms with Gasteiger partial charge in [0.2, 0.25) is 5.91 Å². The van der Waals surface area contributed by atoms with Crippen LogP contribution >= 0.6 is 11.3 Å². The minimum absolute atomic E-state index is 0.00960. The Kier molecular flexibility index (Phi) is 3.33. The van der Waals surface area contributed by atoms with Gasteiger partial charge in [0, 0.05) is 18.9 Å². The molecule has 0 spiro atoms. The number of hydrogen-bond acceptors (Lipinski definition) is 6. The van der Waals surface area contributed by atoms with Crippen molar-refractivity contribution in [1.29, 1.82) is 0 Å². The van der Waals surface area contributed by atoms with Crippen LogP contribution in [-0.2, 0) is 15.0 Å². The van der Waals surface area contributed by atoms with E-state index in [-0.39, 0.29) is 24.6 Å². The molecule has 1 saturated heterocycles. The molecule has 1 fully saturated rings. The summed E-state index contributed by atoms with van der Waals surface area (Å²) in [7, 11) is -4.60. The van der Waals surface area contributed by atoms with E-state index < -0.39 is 21.9 Å². The number of phenols is 1. The van der Waals surface area contributed by atoms with Gasteiger partial charge in [-0.25, -0.2) is 4.98 Å². The number of carbonyl (C=O) groups is 1. The first-order valence-electron chi connectivity index (χ1n) is 6.14. The number of aromatic nitrogens is 1. The summed E-state index contributed by atoms with van der Waals surface area (Å²) >= 11 is 1.22. The first-order valence-corrected chi connectivity index (χ1v) is 8.51. The molecule has 0 radical (unpaired) electrons. The molecule has 9 heteroatoms. The quantitative estimate of drug-likeness (QED) is 0.865. The third-order valence-electron chi connectivity index (χ3n) is 3.23. The van der Waals surface area contributed by atoms with Crippen LogP contribution in [0.1, 0.15) is 6.42 Å². The van der Waals surface area contributed by atoms with E-state index in [9.17, 15) is 22.2 Å². The van der Waals surface area contributed by atoms with E-state index in [1.54, 1.807) is 12.1 Å². The molecule has 1 aliphatic rings. The van der Waals surface area contributed by atoms with E-state index in [1.807, 2.05) is 0 Å². The Morgan fingerprint density at radius 2 is 2.24 bits per heavy atom. The third-order valence-corrected chi connectivity index (χ3v) is 5.14. The van der Waals surface area contributed by atoms with E-state index in [0.29, 0.717) is 10.6 Å². The lowest BCUT2D eigenvalue weighted by molar-refractivity contribution is -0.117. The molecule has 112 valence electrons. The molecule has 1 unspecified atom stereocenters. The Labute approximate surface area is 124 Å². The molecule has 2 aromatic rings. The van der Waals surface area contributed by atoms with Crippen molar-refractivity contribution >= 4 is 42.8 Å². The largest absolute Gasteiger partial charge is 0.508 e. The summed E-state index contributed by atoms with van der Waals surface area (Å²) in [6.45, 7) is 0.133. The number of phenolic OH excluding ortho intramolecular Hbond substituents is 1. The molecule has 0 saturated carbocycles. The molecular weight excluding hydrogens is 319 g/mol. The first-order chi connectivity index (χ1) is 9.82. The second-order valence-corrected chi connectivity index (χ2v) is 7.35. The fourth-order valence-electron chi connectivity index (χ4n) is 2.38. The van der Waals surface area contributed by atoms with Gasteiger partial charge in [-0.1, -0.05) is 11.3 Å². The molecule has 2 heterocycles. The molecule has 0 aliphatic carbocycles. The number of benzene rings is 1. The number of amides is 1. The number of carbonyl (C=O) groups excluding carboxylic acids is 1. The van der Waals surface area contributed by atoms with Gasteiger partial charge in [-0.2, -0.15) is 8.42 Å². The van der Waals surface area contributed by atoms with Crippen LogP contribution in [0.2, 0.25) is 0 Å². The highest BCUT2D eigenvalue weighted by atomic mass is 32.3. The van der Waals surface area contributed by atoms with E-state index in [2.05, 4.69) is 4.98 Å². The van der Waals surface area contributed by atoms with Gasteiger partial charge in [-0.3, -0.25) is 9.69 Å². The SMILES string of the molecule is O=C1CC(CS(=O)(=O)F)CN1c1nc2ccc(O)cc2s1. The molecule has 1 aliphatic heterocycles. The maximum absolute atomic E-state index is 12.7. The van der Waals surface area contributed by atoms with Crippen LogP contribution in [-0.4, -0.2) is 36.7 Å². The van der Waals surface area contributed by atoms with Gasteiger partial charge in [0.15, 0.2) is 5.13 Å². The molecule has 1 amide bonds. The summed E-state index contributed by atoms with van der Waals surface area (Å²) in [6.07, 6.45) is -0.00960. The standard InChI is InChI=1S/C12H11FN2O4S2/c13-21(18,19)6-7-3-11(17)15(5-7)12-14-9-2-1-8(16)4-10(9)20-12/h1-2,4,7,16H,3,5-6H2. The summed E-state index contributed by atoms with van der Waals surface area (Å²) in [6, 6.07) is 4.67. The maximum Gasteiger partial charge on any atom is 0.302 e. The molecule has 1 aromatic heterocycles. The Morgan fingerprint density at radius 1 is 1.48 bits per heavy atom. The number of thiazole rings is 1.